The SMILES string of the molecule is Fc1ccc(Cl)cc1CN1CCCC1CCCCl. The minimum absolute atomic E-state index is 0.164. The van der Waals surface area contributed by atoms with E-state index < -0.39 is 0 Å². The molecule has 0 aliphatic carbocycles. The van der Waals surface area contributed by atoms with Crippen molar-refractivity contribution < 1.29 is 4.39 Å². The molecule has 1 unspecified atom stereocenters. The Morgan fingerprint density at radius 1 is 1.39 bits per heavy atom. The van der Waals surface area contributed by atoms with E-state index in [9.17, 15) is 4.39 Å². The van der Waals surface area contributed by atoms with Crippen LogP contribution < -0.4 is 0 Å². The summed E-state index contributed by atoms with van der Waals surface area (Å²) < 4.78 is 13.7. The topological polar surface area (TPSA) is 3.24 Å². The summed E-state index contributed by atoms with van der Waals surface area (Å²) in [5, 5.41) is 0.600. The second-order valence-corrected chi connectivity index (χ2v) is 5.65. The molecule has 4 heteroatoms. The number of hydrogen-bond donors (Lipinski definition) is 0. The van der Waals surface area contributed by atoms with Gasteiger partial charge in [-0.25, -0.2) is 4.39 Å². The molecule has 1 aliphatic heterocycles. The average molecular weight is 290 g/mol. The first-order chi connectivity index (χ1) is 8.70. The Hall–Kier alpha value is -0.310. The van der Waals surface area contributed by atoms with Gasteiger partial charge in [0.25, 0.3) is 0 Å². The Balaban J connectivity index is 2.01. The predicted molar refractivity (Wildman–Crippen MR) is 74.8 cm³/mol. The van der Waals surface area contributed by atoms with Gasteiger partial charge in [-0.05, 0) is 50.4 Å². The summed E-state index contributed by atoms with van der Waals surface area (Å²) in [6.45, 7) is 1.69. The van der Waals surface area contributed by atoms with Gasteiger partial charge in [-0.15, -0.1) is 11.6 Å². The van der Waals surface area contributed by atoms with Crippen LogP contribution in [-0.4, -0.2) is 23.4 Å². The number of rotatable bonds is 5. The zero-order valence-corrected chi connectivity index (χ0v) is 11.9. The maximum absolute atomic E-state index is 13.7. The highest BCUT2D eigenvalue weighted by molar-refractivity contribution is 6.30. The second-order valence-electron chi connectivity index (χ2n) is 4.83. The molecule has 1 aromatic carbocycles. The van der Waals surface area contributed by atoms with Gasteiger partial charge in [-0.2, -0.15) is 0 Å². The van der Waals surface area contributed by atoms with Gasteiger partial charge in [-0.3, -0.25) is 4.90 Å². The molecule has 0 spiro atoms. The molecule has 1 aliphatic rings. The fourth-order valence-corrected chi connectivity index (χ4v) is 2.98. The summed E-state index contributed by atoms with van der Waals surface area (Å²) in [6, 6.07) is 5.31. The van der Waals surface area contributed by atoms with E-state index in [1.54, 1.807) is 12.1 Å². The zero-order valence-electron chi connectivity index (χ0n) is 10.3. The number of halogens is 3. The van der Waals surface area contributed by atoms with Gasteiger partial charge in [0.15, 0.2) is 0 Å². The van der Waals surface area contributed by atoms with Crippen molar-refractivity contribution in [1.82, 2.24) is 4.90 Å². The Labute approximate surface area is 118 Å². The minimum Gasteiger partial charge on any atom is -0.296 e. The molecule has 2 rings (SSSR count). The van der Waals surface area contributed by atoms with Gasteiger partial charge >= 0.3 is 0 Å². The Morgan fingerprint density at radius 2 is 2.22 bits per heavy atom. The van der Waals surface area contributed by atoms with Crippen LogP contribution >= 0.6 is 23.2 Å². The van der Waals surface area contributed by atoms with Crippen molar-refractivity contribution >= 4 is 23.2 Å². The number of hydrogen-bond acceptors (Lipinski definition) is 1. The van der Waals surface area contributed by atoms with Crippen LogP contribution in [-0.2, 0) is 6.54 Å². The molecule has 0 amide bonds. The second kappa shape index (κ2) is 6.74. The maximum Gasteiger partial charge on any atom is 0.127 e. The van der Waals surface area contributed by atoms with Crippen molar-refractivity contribution in [2.24, 2.45) is 0 Å². The molecule has 1 fully saturated rings. The van der Waals surface area contributed by atoms with Crippen LogP contribution in [0.15, 0.2) is 18.2 Å². The summed E-state index contributed by atoms with van der Waals surface area (Å²) in [5.74, 6) is 0.540. The monoisotopic (exact) mass is 289 g/mol. The quantitative estimate of drug-likeness (QED) is 0.724. The van der Waals surface area contributed by atoms with Crippen LogP contribution in [0.3, 0.4) is 0 Å². The van der Waals surface area contributed by atoms with Gasteiger partial charge in [0.05, 0.1) is 0 Å². The summed E-state index contributed by atoms with van der Waals surface area (Å²) in [6.07, 6.45) is 4.51. The van der Waals surface area contributed by atoms with Gasteiger partial charge in [0.1, 0.15) is 5.82 Å². The van der Waals surface area contributed by atoms with Gasteiger partial charge in [-0.1, -0.05) is 11.6 Å². The van der Waals surface area contributed by atoms with Gasteiger partial charge in [0.2, 0.25) is 0 Å². The first-order valence-electron chi connectivity index (χ1n) is 6.44. The Bertz CT molecular complexity index is 397. The molecule has 0 radical (unpaired) electrons. The molecule has 100 valence electrons. The smallest absolute Gasteiger partial charge is 0.127 e. The third-order valence-electron chi connectivity index (χ3n) is 3.55. The lowest BCUT2D eigenvalue weighted by atomic mass is 10.1. The third-order valence-corrected chi connectivity index (χ3v) is 4.05. The van der Waals surface area contributed by atoms with Crippen LogP contribution in [0.5, 0.6) is 0 Å². The van der Waals surface area contributed by atoms with E-state index in [0.29, 0.717) is 29.1 Å². The van der Waals surface area contributed by atoms with Crippen LogP contribution in [0.1, 0.15) is 31.2 Å². The average Bonchev–Trinajstić information content (AvgIpc) is 2.79. The van der Waals surface area contributed by atoms with Crippen LogP contribution in [0.2, 0.25) is 5.02 Å². The maximum atomic E-state index is 13.7. The van der Waals surface area contributed by atoms with Gasteiger partial charge in [0, 0.05) is 29.1 Å². The zero-order chi connectivity index (χ0) is 13.0. The molecule has 0 bridgehead atoms. The molecule has 0 saturated carbocycles. The van der Waals surface area contributed by atoms with Crippen molar-refractivity contribution in [2.45, 2.75) is 38.3 Å². The van der Waals surface area contributed by atoms with Crippen molar-refractivity contribution in [3.63, 3.8) is 0 Å². The van der Waals surface area contributed by atoms with E-state index in [4.69, 9.17) is 23.2 Å². The molecule has 1 heterocycles. The molecular weight excluding hydrogens is 272 g/mol. The van der Waals surface area contributed by atoms with E-state index in [0.717, 1.165) is 19.4 Å². The molecule has 1 atom stereocenters. The molecule has 0 aromatic heterocycles. The van der Waals surface area contributed by atoms with Gasteiger partial charge < -0.3 is 0 Å². The first kappa shape index (κ1) is 14.1. The van der Waals surface area contributed by atoms with Crippen LogP contribution in [0, 0.1) is 5.82 Å². The van der Waals surface area contributed by atoms with E-state index in [1.807, 2.05) is 0 Å². The van der Waals surface area contributed by atoms with Crippen LogP contribution in [0.25, 0.3) is 0 Å². The number of likely N-dealkylation sites (tertiary alicyclic amines) is 1. The standard InChI is InChI=1S/C14H18Cl2FN/c15-7-1-3-13-4-2-8-18(13)10-11-9-12(16)5-6-14(11)17/h5-6,9,13H,1-4,7-8,10H2. The summed E-state index contributed by atoms with van der Waals surface area (Å²) in [4.78, 5) is 2.35. The molecular formula is C14H18Cl2FN. The highest BCUT2D eigenvalue weighted by atomic mass is 35.5. The third kappa shape index (κ3) is 3.59. The van der Waals surface area contributed by atoms with Crippen molar-refractivity contribution in [1.29, 1.82) is 0 Å². The number of alkyl halides is 1. The lowest BCUT2D eigenvalue weighted by molar-refractivity contribution is 0.231. The Kier molecular flexibility index (Phi) is 5.28. The predicted octanol–water partition coefficient (Wildman–Crippen LogP) is 4.46. The number of nitrogens with zero attached hydrogens (tertiary/aromatic N) is 1. The van der Waals surface area contributed by atoms with Crippen molar-refractivity contribution in [3.8, 4) is 0 Å². The van der Waals surface area contributed by atoms with E-state index in [-0.39, 0.29) is 5.82 Å². The summed E-state index contributed by atoms with van der Waals surface area (Å²) >= 11 is 11.7. The summed E-state index contributed by atoms with van der Waals surface area (Å²) in [5.41, 5.74) is 0.695. The molecule has 0 N–H and O–H groups in total. The highest BCUT2D eigenvalue weighted by Gasteiger charge is 2.24. The number of benzene rings is 1. The van der Waals surface area contributed by atoms with E-state index in [1.165, 1.54) is 18.9 Å². The van der Waals surface area contributed by atoms with Crippen molar-refractivity contribution in [3.05, 3.63) is 34.6 Å². The Morgan fingerprint density at radius 3 is 3.00 bits per heavy atom. The molecule has 1 saturated heterocycles. The molecule has 18 heavy (non-hydrogen) atoms. The molecule has 1 aromatic rings. The fraction of sp³-hybridized carbons (Fsp3) is 0.571. The summed E-state index contributed by atoms with van der Waals surface area (Å²) in [7, 11) is 0. The molecule has 1 nitrogen and oxygen atoms in total. The largest absolute Gasteiger partial charge is 0.296 e. The lowest BCUT2D eigenvalue weighted by Gasteiger charge is -2.24. The lowest BCUT2D eigenvalue weighted by Crippen LogP contribution is -2.29. The normalized spacial score (nSPS) is 20.5. The minimum atomic E-state index is -0.164. The van der Waals surface area contributed by atoms with Crippen molar-refractivity contribution in [2.75, 3.05) is 12.4 Å². The van der Waals surface area contributed by atoms with E-state index in [2.05, 4.69) is 4.90 Å². The van der Waals surface area contributed by atoms with E-state index >= 15 is 0 Å². The highest BCUT2D eigenvalue weighted by Crippen LogP contribution is 2.25. The fourth-order valence-electron chi connectivity index (χ4n) is 2.63. The first-order valence-corrected chi connectivity index (χ1v) is 7.36. The van der Waals surface area contributed by atoms with Crippen LogP contribution in [0.4, 0.5) is 4.39 Å².